The maximum Gasteiger partial charge on any atom is 0.373 e. The van der Waals surface area contributed by atoms with E-state index in [1.165, 1.54) is 19.2 Å². The molecule has 22 heavy (non-hydrogen) atoms. The monoisotopic (exact) mass is 318 g/mol. The predicted molar refractivity (Wildman–Crippen MR) is 68.6 cm³/mol. The van der Waals surface area contributed by atoms with Gasteiger partial charge in [0.1, 0.15) is 36.8 Å². The number of aliphatic hydroxyl groups excluding tert-OH is 4. The van der Waals surface area contributed by atoms with Gasteiger partial charge in [-0.2, -0.15) is 0 Å². The van der Waals surface area contributed by atoms with Gasteiger partial charge in [-0.15, -0.1) is 0 Å². The van der Waals surface area contributed by atoms with E-state index >= 15 is 0 Å². The normalized spacial score (nSPS) is 32.0. The lowest BCUT2D eigenvalue weighted by atomic mass is 9.99. The van der Waals surface area contributed by atoms with Gasteiger partial charge in [0.05, 0.1) is 13.7 Å². The van der Waals surface area contributed by atoms with Gasteiger partial charge in [0, 0.05) is 0 Å². The third kappa shape index (κ3) is 3.46. The Hall–Kier alpha value is -1.49. The second-order valence-electron chi connectivity index (χ2n) is 4.77. The summed E-state index contributed by atoms with van der Waals surface area (Å²) >= 11 is 0. The molecule has 0 saturated carbocycles. The van der Waals surface area contributed by atoms with Gasteiger partial charge in [-0.3, -0.25) is 0 Å². The van der Waals surface area contributed by atoms with Gasteiger partial charge in [0.15, 0.2) is 6.29 Å². The summed E-state index contributed by atoms with van der Waals surface area (Å²) in [6, 6.07) is 2.88. The molecule has 0 spiro atoms. The molecular weight excluding hydrogens is 300 g/mol. The van der Waals surface area contributed by atoms with Crippen molar-refractivity contribution in [2.45, 2.75) is 37.3 Å². The summed E-state index contributed by atoms with van der Waals surface area (Å²) in [5, 5.41) is 38.1. The van der Waals surface area contributed by atoms with Gasteiger partial charge in [-0.05, 0) is 12.1 Å². The Kier molecular flexibility index (Phi) is 5.51. The summed E-state index contributed by atoms with van der Waals surface area (Å²) in [7, 11) is 1.22. The molecule has 0 amide bonds. The average molecular weight is 318 g/mol. The molecule has 4 N–H and O–H groups in total. The largest absolute Gasteiger partial charge is 0.463 e. The predicted octanol–water partition coefficient (Wildman–Crippen LogP) is -1.62. The van der Waals surface area contributed by atoms with Crippen LogP contribution in [0.2, 0.25) is 0 Å². The SMILES string of the molecule is COC(=O)c1ccc(CO[C@@H]2O[C@H](CO)[C@@H](O)[C@H](O)[C@H]2O)o1. The summed E-state index contributed by atoms with van der Waals surface area (Å²) in [4.78, 5) is 11.2. The van der Waals surface area contributed by atoms with Crippen molar-refractivity contribution in [2.75, 3.05) is 13.7 Å². The van der Waals surface area contributed by atoms with Crippen LogP contribution in [0.4, 0.5) is 0 Å². The lowest BCUT2D eigenvalue weighted by Crippen LogP contribution is -2.59. The first-order valence-corrected chi connectivity index (χ1v) is 6.57. The second kappa shape index (κ2) is 7.18. The topological polar surface area (TPSA) is 139 Å². The Balaban J connectivity index is 1.95. The van der Waals surface area contributed by atoms with Gasteiger partial charge in [0.25, 0.3) is 0 Å². The molecule has 0 aromatic carbocycles. The van der Waals surface area contributed by atoms with Crippen LogP contribution in [0.1, 0.15) is 16.3 Å². The highest BCUT2D eigenvalue weighted by molar-refractivity contribution is 5.86. The molecule has 1 aliphatic heterocycles. The van der Waals surface area contributed by atoms with Crippen molar-refractivity contribution in [1.82, 2.24) is 0 Å². The fourth-order valence-electron chi connectivity index (χ4n) is 2.04. The molecule has 1 aromatic rings. The Morgan fingerprint density at radius 1 is 1.23 bits per heavy atom. The van der Waals surface area contributed by atoms with Gasteiger partial charge in [-0.1, -0.05) is 0 Å². The smallest absolute Gasteiger partial charge is 0.373 e. The molecule has 0 radical (unpaired) electrons. The summed E-state index contributed by atoms with van der Waals surface area (Å²) in [5.41, 5.74) is 0. The van der Waals surface area contributed by atoms with Crippen molar-refractivity contribution < 1.29 is 43.8 Å². The molecule has 1 aromatic heterocycles. The molecular formula is C13H18O9. The molecule has 5 atom stereocenters. The van der Waals surface area contributed by atoms with Crippen LogP contribution in [0.15, 0.2) is 16.5 Å². The number of carbonyl (C=O) groups excluding carboxylic acids is 1. The first kappa shape index (κ1) is 16.9. The highest BCUT2D eigenvalue weighted by atomic mass is 16.7. The zero-order valence-electron chi connectivity index (χ0n) is 11.8. The van der Waals surface area contributed by atoms with Crippen LogP contribution in [0, 0.1) is 0 Å². The van der Waals surface area contributed by atoms with E-state index < -0.39 is 43.3 Å². The molecule has 9 heteroatoms. The summed E-state index contributed by atoms with van der Waals surface area (Å²) in [6.45, 7) is -0.697. The van der Waals surface area contributed by atoms with Gasteiger partial charge in [-0.25, -0.2) is 4.79 Å². The second-order valence-corrected chi connectivity index (χ2v) is 4.77. The lowest BCUT2D eigenvalue weighted by molar-refractivity contribution is -0.304. The zero-order chi connectivity index (χ0) is 16.3. The Labute approximate surface area is 125 Å². The Bertz CT molecular complexity index is 497. The molecule has 9 nitrogen and oxygen atoms in total. The van der Waals surface area contributed by atoms with Crippen LogP contribution in [-0.2, 0) is 20.8 Å². The van der Waals surface area contributed by atoms with Crippen molar-refractivity contribution in [3.63, 3.8) is 0 Å². The number of ether oxygens (including phenoxy) is 3. The van der Waals surface area contributed by atoms with Crippen LogP contribution in [0.5, 0.6) is 0 Å². The van der Waals surface area contributed by atoms with Crippen LogP contribution in [-0.4, -0.2) is 70.8 Å². The molecule has 2 rings (SSSR count). The number of hydrogen-bond donors (Lipinski definition) is 4. The van der Waals surface area contributed by atoms with Crippen LogP contribution < -0.4 is 0 Å². The highest BCUT2D eigenvalue weighted by Crippen LogP contribution is 2.23. The molecule has 1 fully saturated rings. The first-order chi connectivity index (χ1) is 10.5. The third-order valence-electron chi connectivity index (χ3n) is 3.29. The van der Waals surface area contributed by atoms with Crippen molar-refractivity contribution in [3.8, 4) is 0 Å². The molecule has 2 heterocycles. The van der Waals surface area contributed by atoms with Crippen molar-refractivity contribution in [3.05, 3.63) is 23.7 Å². The number of hydrogen-bond acceptors (Lipinski definition) is 9. The Morgan fingerprint density at radius 3 is 2.59 bits per heavy atom. The van der Waals surface area contributed by atoms with E-state index in [1.807, 2.05) is 0 Å². The molecule has 124 valence electrons. The van der Waals surface area contributed by atoms with Crippen LogP contribution >= 0.6 is 0 Å². The fourth-order valence-corrected chi connectivity index (χ4v) is 2.04. The minimum Gasteiger partial charge on any atom is -0.463 e. The quantitative estimate of drug-likeness (QED) is 0.472. The number of furan rings is 1. The van der Waals surface area contributed by atoms with E-state index in [0.29, 0.717) is 0 Å². The summed E-state index contributed by atoms with van der Waals surface area (Å²) < 4.78 is 20.1. The van der Waals surface area contributed by atoms with E-state index in [-0.39, 0.29) is 18.1 Å². The minimum atomic E-state index is -1.52. The summed E-state index contributed by atoms with van der Waals surface area (Å²) in [6.07, 6.45) is -6.77. The standard InChI is InChI=1S/C13H18O9/c1-19-12(18)7-3-2-6(21-7)5-20-13-11(17)10(16)9(15)8(4-14)22-13/h2-3,8-11,13-17H,4-5H2,1H3/t8-,9-,10+,11-,13-/m1/s1. The van der Waals surface area contributed by atoms with Crippen LogP contribution in [0.25, 0.3) is 0 Å². The maximum absolute atomic E-state index is 11.2. The fraction of sp³-hybridized carbons (Fsp3) is 0.615. The number of aliphatic hydroxyl groups is 4. The van der Waals surface area contributed by atoms with Gasteiger partial charge < -0.3 is 39.1 Å². The molecule has 0 aliphatic carbocycles. The zero-order valence-corrected chi connectivity index (χ0v) is 11.8. The number of esters is 1. The highest BCUT2D eigenvalue weighted by Gasteiger charge is 2.44. The van der Waals surface area contributed by atoms with E-state index in [9.17, 15) is 20.1 Å². The van der Waals surface area contributed by atoms with Crippen molar-refractivity contribution >= 4 is 5.97 Å². The van der Waals surface area contributed by atoms with Crippen LogP contribution in [0.3, 0.4) is 0 Å². The van der Waals surface area contributed by atoms with Crippen molar-refractivity contribution in [1.29, 1.82) is 0 Å². The third-order valence-corrected chi connectivity index (χ3v) is 3.29. The van der Waals surface area contributed by atoms with E-state index in [2.05, 4.69) is 4.74 Å². The van der Waals surface area contributed by atoms with E-state index in [1.54, 1.807) is 0 Å². The Morgan fingerprint density at radius 2 is 1.95 bits per heavy atom. The van der Waals surface area contributed by atoms with Gasteiger partial charge in [0.2, 0.25) is 5.76 Å². The number of rotatable bonds is 5. The number of carbonyl (C=O) groups is 1. The van der Waals surface area contributed by atoms with Crippen molar-refractivity contribution in [2.24, 2.45) is 0 Å². The van der Waals surface area contributed by atoms with E-state index in [0.717, 1.165) is 0 Å². The number of methoxy groups -OCH3 is 1. The van der Waals surface area contributed by atoms with E-state index in [4.69, 9.17) is 19.0 Å². The molecule has 0 bridgehead atoms. The molecule has 1 saturated heterocycles. The molecule has 0 unspecified atom stereocenters. The maximum atomic E-state index is 11.2. The van der Waals surface area contributed by atoms with Gasteiger partial charge >= 0.3 is 5.97 Å². The lowest BCUT2D eigenvalue weighted by Gasteiger charge is -2.39. The summed E-state index contributed by atoms with van der Waals surface area (Å²) in [5.74, 6) is -0.369. The average Bonchev–Trinajstić information content (AvgIpc) is 3.00. The molecule has 1 aliphatic rings. The minimum absolute atomic E-state index is 0.00472. The first-order valence-electron chi connectivity index (χ1n) is 6.57.